The van der Waals surface area contributed by atoms with Crippen LogP contribution in [-0.4, -0.2) is 22.5 Å². The maximum absolute atomic E-state index is 13.3. The lowest BCUT2D eigenvalue weighted by molar-refractivity contribution is 0.0953. The first kappa shape index (κ1) is 18.7. The third-order valence-corrected chi connectivity index (χ3v) is 6.08. The Labute approximate surface area is 185 Å². The first-order chi connectivity index (χ1) is 15.7. The van der Waals surface area contributed by atoms with Crippen LogP contribution < -0.4 is 14.8 Å². The minimum absolute atomic E-state index is 0.136. The van der Waals surface area contributed by atoms with Crippen molar-refractivity contribution in [3.8, 4) is 28.4 Å². The van der Waals surface area contributed by atoms with E-state index in [1.807, 2.05) is 66.7 Å². The molecular formula is C26H21N3O3. The van der Waals surface area contributed by atoms with Gasteiger partial charge in [0.25, 0.3) is 5.91 Å². The van der Waals surface area contributed by atoms with Crippen LogP contribution in [0.15, 0.2) is 72.8 Å². The van der Waals surface area contributed by atoms with Crippen LogP contribution in [0.5, 0.6) is 11.5 Å². The zero-order valence-corrected chi connectivity index (χ0v) is 17.5. The summed E-state index contributed by atoms with van der Waals surface area (Å²) in [4.78, 5) is 13.3. The normalized spacial score (nSPS) is 16.2. The van der Waals surface area contributed by atoms with Crippen LogP contribution in [-0.2, 0) is 6.42 Å². The number of hydrogen-bond donors (Lipinski definition) is 1. The number of rotatable bonds is 4. The van der Waals surface area contributed by atoms with Gasteiger partial charge in [-0.15, -0.1) is 0 Å². The Morgan fingerprint density at radius 1 is 1.00 bits per heavy atom. The molecule has 158 valence electrons. The van der Waals surface area contributed by atoms with Crippen molar-refractivity contribution in [1.82, 2.24) is 15.1 Å². The third-order valence-electron chi connectivity index (χ3n) is 6.08. The Balaban J connectivity index is 1.59. The summed E-state index contributed by atoms with van der Waals surface area (Å²) < 4.78 is 12.8. The second-order valence-corrected chi connectivity index (χ2v) is 7.89. The van der Waals surface area contributed by atoms with Crippen LogP contribution in [0.1, 0.15) is 40.1 Å². The van der Waals surface area contributed by atoms with Crippen LogP contribution in [0.4, 0.5) is 0 Å². The highest BCUT2D eigenvalue weighted by Crippen LogP contribution is 2.42. The van der Waals surface area contributed by atoms with Gasteiger partial charge in [0.05, 0.1) is 17.4 Å². The van der Waals surface area contributed by atoms with Gasteiger partial charge in [-0.1, -0.05) is 61.5 Å². The number of nitrogens with zero attached hydrogens (tertiary/aromatic N) is 2. The van der Waals surface area contributed by atoms with Gasteiger partial charge in [-0.3, -0.25) is 4.79 Å². The number of aryl methyl sites for hydroxylation is 1. The number of amides is 1. The van der Waals surface area contributed by atoms with Crippen molar-refractivity contribution in [3.05, 3.63) is 95.2 Å². The number of carbonyl (C=O) groups is 1. The van der Waals surface area contributed by atoms with Crippen molar-refractivity contribution >= 4 is 5.91 Å². The molecule has 3 heterocycles. The van der Waals surface area contributed by atoms with Gasteiger partial charge in [-0.2, -0.15) is 5.10 Å². The number of hydrogen-bond acceptors (Lipinski definition) is 4. The van der Waals surface area contributed by atoms with E-state index >= 15 is 0 Å². The molecule has 0 saturated carbocycles. The SMILES string of the molecule is CCc1ccccc1-n1nc(-c2ccccc2)c2c1C(=O)NC2c1ccc2c(c1)OCO2. The highest BCUT2D eigenvalue weighted by molar-refractivity contribution is 6.01. The maximum atomic E-state index is 13.3. The molecule has 0 bridgehead atoms. The van der Waals surface area contributed by atoms with E-state index in [1.165, 1.54) is 0 Å². The number of para-hydroxylation sites is 1. The van der Waals surface area contributed by atoms with Crippen molar-refractivity contribution in [2.24, 2.45) is 0 Å². The van der Waals surface area contributed by atoms with Gasteiger partial charge in [0, 0.05) is 11.1 Å². The van der Waals surface area contributed by atoms with Gasteiger partial charge < -0.3 is 14.8 Å². The van der Waals surface area contributed by atoms with Gasteiger partial charge in [0.2, 0.25) is 6.79 Å². The van der Waals surface area contributed by atoms with Gasteiger partial charge in [0.1, 0.15) is 5.69 Å². The van der Waals surface area contributed by atoms with Crippen molar-refractivity contribution in [2.75, 3.05) is 6.79 Å². The molecule has 0 spiro atoms. The van der Waals surface area contributed by atoms with Crippen LogP contribution in [0, 0.1) is 0 Å². The summed E-state index contributed by atoms with van der Waals surface area (Å²) in [5.74, 6) is 1.27. The van der Waals surface area contributed by atoms with Gasteiger partial charge >= 0.3 is 0 Å². The molecule has 0 radical (unpaired) electrons. The highest BCUT2D eigenvalue weighted by Gasteiger charge is 2.39. The molecule has 6 rings (SSSR count). The number of nitrogens with one attached hydrogen (secondary N) is 1. The Morgan fingerprint density at radius 3 is 2.62 bits per heavy atom. The fourth-order valence-corrected chi connectivity index (χ4v) is 4.54. The molecule has 1 amide bonds. The van der Waals surface area contributed by atoms with Gasteiger partial charge in [0.15, 0.2) is 11.5 Å². The molecule has 1 aromatic heterocycles. The zero-order valence-electron chi connectivity index (χ0n) is 17.5. The van der Waals surface area contributed by atoms with Gasteiger partial charge in [-0.05, 0) is 35.7 Å². The molecular weight excluding hydrogens is 402 g/mol. The number of aromatic nitrogens is 2. The fraction of sp³-hybridized carbons (Fsp3) is 0.154. The predicted molar refractivity (Wildman–Crippen MR) is 120 cm³/mol. The topological polar surface area (TPSA) is 65.4 Å². The molecule has 1 atom stereocenters. The van der Waals surface area contributed by atoms with E-state index in [4.69, 9.17) is 14.6 Å². The number of benzene rings is 3. The quantitative estimate of drug-likeness (QED) is 0.518. The van der Waals surface area contributed by atoms with Crippen LogP contribution in [0.25, 0.3) is 16.9 Å². The minimum Gasteiger partial charge on any atom is -0.454 e. The van der Waals surface area contributed by atoms with Gasteiger partial charge in [-0.25, -0.2) is 4.68 Å². The van der Waals surface area contributed by atoms with Crippen molar-refractivity contribution in [2.45, 2.75) is 19.4 Å². The van der Waals surface area contributed by atoms with E-state index in [-0.39, 0.29) is 18.7 Å². The average Bonchev–Trinajstić information content (AvgIpc) is 3.55. The summed E-state index contributed by atoms with van der Waals surface area (Å²) in [6, 6.07) is 23.6. The molecule has 32 heavy (non-hydrogen) atoms. The summed E-state index contributed by atoms with van der Waals surface area (Å²) in [6.45, 7) is 2.32. The highest BCUT2D eigenvalue weighted by atomic mass is 16.7. The third kappa shape index (κ3) is 2.80. The maximum Gasteiger partial charge on any atom is 0.271 e. The molecule has 0 fully saturated rings. The van der Waals surface area contributed by atoms with Crippen molar-refractivity contribution in [1.29, 1.82) is 0 Å². The predicted octanol–water partition coefficient (Wildman–Crippen LogP) is 4.66. The molecule has 0 aliphatic carbocycles. The summed E-state index contributed by atoms with van der Waals surface area (Å²) >= 11 is 0. The average molecular weight is 423 g/mol. The van der Waals surface area contributed by atoms with E-state index in [0.717, 1.165) is 40.1 Å². The molecule has 6 heteroatoms. The smallest absolute Gasteiger partial charge is 0.271 e. The molecule has 1 unspecified atom stereocenters. The zero-order chi connectivity index (χ0) is 21.7. The van der Waals surface area contributed by atoms with E-state index in [1.54, 1.807) is 4.68 Å². The molecule has 2 aliphatic rings. The van der Waals surface area contributed by atoms with E-state index in [0.29, 0.717) is 17.2 Å². The van der Waals surface area contributed by atoms with Crippen molar-refractivity contribution < 1.29 is 14.3 Å². The molecule has 3 aromatic carbocycles. The Kier molecular flexibility index (Phi) is 4.24. The lowest BCUT2D eigenvalue weighted by atomic mass is 9.96. The van der Waals surface area contributed by atoms with Crippen LogP contribution in [0.3, 0.4) is 0 Å². The first-order valence-electron chi connectivity index (χ1n) is 10.7. The number of carbonyl (C=O) groups excluding carboxylic acids is 1. The Hall–Kier alpha value is -4.06. The molecule has 4 aromatic rings. The summed E-state index contributed by atoms with van der Waals surface area (Å²) in [5, 5.41) is 8.15. The Bertz CT molecular complexity index is 1340. The second kappa shape index (κ2) is 7.27. The summed E-state index contributed by atoms with van der Waals surface area (Å²) in [7, 11) is 0. The van der Waals surface area contributed by atoms with Crippen molar-refractivity contribution in [3.63, 3.8) is 0 Å². The lowest BCUT2D eigenvalue weighted by Crippen LogP contribution is -2.22. The molecule has 2 aliphatic heterocycles. The monoisotopic (exact) mass is 423 g/mol. The number of fused-ring (bicyclic) bond motifs is 2. The fourth-order valence-electron chi connectivity index (χ4n) is 4.54. The van der Waals surface area contributed by atoms with E-state index in [2.05, 4.69) is 18.3 Å². The van der Waals surface area contributed by atoms with E-state index < -0.39 is 0 Å². The molecule has 1 N–H and O–H groups in total. The van der Waals surface area contributed by atoms with E-state index in [9.17, 15) is 4.79 Å². The lowest BCUT2D eigenvalue weighted by Gasteiger charge is -2.14. The number of ether oxygens (including phenoxy) is 2. The first-order valence-corrected chi connectivity index (χ1v) is 10.7. The molecule has 0 saturated heterocycles. The standard InChI is InChI=1S/C26H21N3O3/c1-2-16-8-6-7-11-19(16)29-25-22(24(28-29)17-9-4-3-5-10-17)23(27-26(25)30)18-12-13-20-21(14-18)32-15-31-20/h3-14,23H,2,15H2,1H3,(H,27,30). The summed E-state index contributed by atoms with van der Waals surface area (Å²) in [6.07, 6.45) is 0.846. The van der Waals surface area contributed by atoms with Crippen LogP contribution >= 0.6 is 0 Å². The summed E-state index contributed by atoms with van der Waals surface area (Å²) in [5.41, 5.74) is 6.22. The van der Waals surface area contributed by atoms with Crippen LogP contribution in [0.2, 0.25) is 0 Å². The second-order valence-electron chi connectivity index (χ2n) is 7.89. The Morgan fingerprint density at radius 2 is 1.78 bits per heavy atom. The minimum atomic E-state index is -0.329. The molecule has 6 nitrogen and oxygen atoms in total. The largest absolute Gasteiger partial charge is 0.454 e.